The molecule has 1 aromatic rings. The Morgan fingerprint density at radius 3 is 1.89 bits per heavy atom. The lowest BCUT2D eigenvalue weighted by Gasteiger charge is -2.22. The van der Waals surface area contributed by atoms with Gasteiger partial charge in [0, 0.05) is 0 Å². The summed E-state index contributed by atoms with van der Waals surface area (Å²) < 4.78 is 40.9. The van der Waals surface area contributed by atoms with Crippen molar-refractivity contribution in [1.82, 2.24) is 0 Å². The summed E-state index contributed by atoms with van der Waals surface area (Å²) in [6.07, 6.45) is 1.50. The van der Waals surface area contributed by atoms with Gasteiger partial charge in [0.15, 0.2) is 17.5 Å². The third-order valence-corrected chi connectivity index (χ3v) is 3.57. The SMILES string of the molecule is CCC(CC(C)C)c1c(C)c(C)c(F)c(F)c1F. The maximum atomic E-state index is 14.0. The molecule has 0 aliphatic carbocycles. The van der Waals surface area contributed by atoms with Gasteiger partial charge in [-0.1, -0.05) is 20.8 Å². The van der Waals surface area contributed by atoms with Gasteiger partial charge in [0.05, 0.1) is 0 Å². The summed E-state index contributed by atoms with van der Waals surface area (Å²) in [4.78, 5) is 0. The third kappa shape index (κ3) is 2.70. The predicted molar refractivity (Wildman–Crippen MR) is 68.3 cm³/mol. The van der Waals surface area contributed by atoms with Gasteiger partial charge in [0.25, 0.3) is 0 Å². The van der Waals surface area contributed by atoms with Crippen LogP contribution in [0.15, 0.2) is 0 Å². The second-order valence-corrected chi connectivity index (χ2v) is 5.34. The van der Waals surface area contributed by atoms with E-state index in [1.165, 1.54) is 6.92 Å². The third-order valence-electron chi connectivity index (χ3n) is 3.57. The van der Waals surface area contributed by atoms with Crippen LogP contribution in [0.25, 0.3) is 0 Å². The van der Waals surface area contributed by atoms with Crippen LogP contribution in [0.2, 0.25) is 0 Å². The van der Waals surface area contributed by atoms with Crippen molar-refractivity contribution >= 4 is 0 Å². The van der Waals surface area contributed by atoms with Crippen LogP contribution in [0.5, 0.6) is 0 Å². The fourth-order valence-electron chi connectivity index (χ4n) is 2.45. The van der Waals surface area contributed by atoms with Crippen LogP contribution < -0.4 is 0 Å². The molecule has 0 saturated heterocycles. The second-order valence-electron chi connectivity index (χ2n) is 5.34. The van der Waals surface area contributed by atoms with Crippen molar-refractivity contribution < 1.29 is 13.2 Å². The molecule has 1 atom stereocenters. The van der Waals surface area contributed by atoms with Gasteiger partial charge in [-0.25, -0.2) is 13.2 Å². The van der Waals surface area contributed by atoms with Gasteiger partial charge in [0.1, 0.15) is 0 Å². The van der Waals surface area contributed by atoms with Gasteiger partial charge < -0.3 is 0 Å². The highest BCUT2D eigenvalue weighted by Gasteiger charge is 2.25. The molecule has 0 N–H and O–H groups in total. The van der Waals surface area contributed by atoms with Crippen LogP contribution in [0.1, 0.15) is 56.2 Å². The number of benzene rings is 1. The first-order valence-electron chi connectivity index (χ1n) is 6.44. The smallest absolute Gasteiger partial charge is 0.194 e. The molecule has 0 radical (unpaired) electrons. The van der Waals surface area contributed by atoms with E-state index in [0.29, 0.717) is 17.0 Å². The van der Waals surface area contributed by atoms with Crippen molar-refractivity contribution in [3.05, 3.63) is 34.1 Å². The Bertz CT molecular complexity index is 407. The topological polar surface area (TPSA) is 0 Å². The molecule has 102 valence electrons. The van der Waals surface area contributed by atoms with Crippen molar-refractivity contribution in [3.8, 4) is 0 Å². The molecule has 0 spiro atoms. The van der Waals surface area contributed by atoms with Crippen LogP contribution in [0.4, 0.5) is 13.2 Å². The van der Waals surface area contributed by atoms with Gasteiger partial charge in [-0.05, 0) is 55.2 Å². The minimum atomic E-state index is -1.34. The monoisotopic (exact) mass is 258 g/mol. The molecule has 0 aromatic heterocycles. The fraction of sp³-hybridized carbons (Fsp3) is 0.600. The maximum absolute atomic E-state index is 14.0. The summed E-state index contributed by atoms with van der Waals surface area (Å²) >= 11 is 0. The van der Waals surface area contributed by atoms with E-state index in [2.05, 4.69) is 0 Å². The Morgan fingerprint density at radius 2 is 1.44 bits per heavy atom. The molecular formula is C15H21F3. The van der Waals surface area contributed by atoms with E-state index in [9.17, 15) is 13.2 Å². The Labute approximate surface area is 107 Å². The van der Waals surface area contributed by atoms with E-state index in [-0.39, 0.29) is 11.5 Å². The lowest BCUT2D eigenvalue weighted by atomic mass is 9.84. The number of rotatable bonds is 4. The quantitative estimate of drug-likeness (QED) is 0.646. The summed E-state index contributed by atoms with van der Waals surface area (Å²) in [5.74, 6) is -3.08. The van der Waals surface area contributed by atoms with Crippen LogP contribution in [-0.2, 0) is 0 Å². The van der Waals surface area contributed by atoms with Crippen molar-refractivity contribution in [2.45, 2.75) is 53.4 Å². The molecule has 1 rings (SSSR count). The summed E-state index contributed by atoms with van der Waals surface area (Å²) in [6.45, 7) is 9.20. The molecule has 0 aliphatic rings. The Kier molecular flexibility index (Phi) is 4.83. The maximum Gasteiger partial charge on any atom is 0.194 e. The summed E-state index contributed by atoms with van der Waals surface area (Å²) in [5, 5.41) is 0. The van der Waals surface area contributed by atoms with Gasteiger partial charge in [-0.15, -0.1) is 0 Å². The van der Waals surface area contributed by atoms with Crippen LogP contribution in [0, 0.1) is 37.2 Å². The first-order valence-corrected chi connectivity index (χ1v) is 6.44. The molecule has 1 unspecified atom stereocenters. The highest BCUT2D eigenvalue weighted by molar-refractivity contribution is 5.38. The van der Waals surface area contributed by atoms with Crippen LogP contribution in [0.3, 0.4) is 0 Å². The highest BCUT2D eigenvalue weighted by atomic mass is 19.2. The molecule has 0 fully saturated rings. The van der Waals surface area contributed by atoms with Crippen molar-refractivity contribution in [2.75, 3.05) is 0 Å². The van der Waals surface area contributed by atoms with Crippen LogP contribution >= 0.6 is 0 Å². The Morgan fingerprint density at radius 1 is 0.889 bits per heavy atom. The summed E-state index contributed by atoms with van der Waals surface area (Å²) in [7, 11) is 0. The first kappa shape index (κ1) is 15.1. The zero-order valence-corrected chi connectivity index (χ0v) is 11.7. The van der Waals surface area contributed by atoms with E-state index in [1.54, 1.807) is 6.92 Å². The molecule has 0 amide bonds. The van der Waals surface area contributed by atoms with Crippen molar-refractivity contribution in [1.29, 1.82) is 0 Å². The lowest BCUT2D eigenvalue weighted by molar-refractivity contribution is 0.414. The molecule has 3 heteroatoms. The summed E-state index contributed by atoms with van der Waals surface area (Å²) in [6, 6.07) is 0. The van der Waals surface area contributed by atoms with Gasteiger partial charge in [-0.2, -0.15) is 0 Å². The van der Waals surface area contributed by atoms with E-state index >= 15 is 0 Å². The number of hydrogen-bond donors (Lipinski definition) is 0. The molecule has 1 aromatic carbocycles. The zero-order valence-electron chi connectivity index (χ0n) is 11.7. The normalized spacial score (nSPS) is 13.2. The number of halogens is 3. The van der Waals surface area contributed by atoms with E-state index < -0.39 is 17.5 Å². The molecule has 0 aliphatic heterocycles. The van der Waals surface area contributed by atoms with Crippen molar-refractivity contribution in [2.24, 2.45) is 5.92 Å². The Hall–Kier alpha value is -0.990. The molecule has 0 nitrogen and oxygen atoms in total. The highest BCUT2D eigenvalue weighted by Crippen LogP contribution is 2.35. The van der Waals surface area contributed by atoms with E-state index in [4.69, 9.17) is 0 Å². The van der Waals surface area contributed by atoms with E-state index in [0.717, 1.165) is 12.8 Å². The largest absolute Gasteiger partial charge is 0.203 e. The fourth-order valence-corrected chi connectivity index (χ4v) is 2.45. The standard InChI is InChI=1S/C15H21F3/c1-6-11(7-8(2)3)12-9(4)10(5)13(16)15(18)14(12)17/h8,11H,6-7H2,1-5H3. The van der Waals surface area contributed by atoms with E-state index in [1.807, 2.05) is 20.8 Å². The first-order chi connectivity index (χ1) is 8.31. The lowest BCUT2D eigenvalue weighted by Crippen LogP contribution is -2.11. The number of hydrogen-bond acceptors (Lipinski definition) is 0. The zero-order chi connectivity index (χ0) is 14.0. The Balaban J connectivity index is 3.39. The minimum absolute atomic E-state index is 0.0567. The van der Waals surface area contributed by atoms with Gasteiger partial charge in [-0.3, -0.25) is 0 Å². The average Bonchev–Trinajstić information content (AvgIpc) is 2.32. The minimum Gasteiger partial charge on any atom is -0.203 e. The van der Waals surface area contributed by atoms with Gasteiger partial charge >= 0.3 is 0 Å². The predicted octanol–water partition coefficient (Wildman–Crippen LogP) is 5.26. The van der Waals surface area contributed by atoms with Gasteiger partial charge in [0.2, 0.25) is 0 Å². The summed E-state index contributed by atoms with van der Waals surface area (Å²) in [5.41, 5.74) is 1.10. The molecule has 18 heavy (non-hydrogen) atoms. The molecule has 0 heterocycles. The van der Waals surface area contributed by atoms with Crippen LogP contribution in [-0.4, -0.2) is 0 Å². The second kappa shape index (κ2) is 5.77. The average molecular weight is 258 g/mol. The van der Waals surface area contributed by atoms with Crippen molar-refractivity contribution in [3.63, 3.8) is 0 Å². The molecular weight excluding hydrogens is 237 g/mol. The molecule has 0 saturated carbocycles. The molecule has 0 bridgehead atoms.